The van der Waals surface area contributed by atoms with Crippen molar-refractivity contribution in [1.82, 2.24) is 0 Å². The van der Waals surface area contributed by atoms with Gasteiger partial charge in [0.1, 0.15) is 0 Å². The van der Waals surface area contributed by atoms with Gasteiger partial charge in [-0.05, 0) is 31.2 Å². The van der Waals surface area contributed by atoms with E-state index in [-0.39, 0.29) is 0 Å². The van der Waals surface area contributed by atoms with Crippen molar-refractivity contribution < 1.29 is 8.42 Å². The SMILES string of the molecule is Cc1ccc(S(=O)(=O)N(c2ccccc2)[Si](C)(C)C)cc1. The van der Waals surface area contributed by atoms with Gasteiger partial charge in [-0.2, -0.15) is 0 Å². The van der Waals surface area contributed by atoms with E-state index in [4.69, 9.17) is 0 Å². The van der Waals surface area contributed by atoms with E-state index in [2.05, 4.69) is 0 Å². The number of aryl methyl sites for hydroxylation is 1. The zero-order valence-corrected chi connectivity index (χ0v) is 14.7. The molecule has 0 N–H and O–H groups in total. The summed E-state index contributed by atoms with van der Waals surface area (Å²) in [5.41, 5.74) is 1.78. The average Bonchev–Trinajstić information content (AvgIpc) is 2.38. The number of nitrogens with zero attached hydrogens (tertiary/aromatic N) is 1. The Balaban J connectivity index is 2.59. The molecule has 0 aliphatic rings. The molecule has 0 saturated heterocycles. The van der Waals surface area contributed by atoms with Gasteiger partial charge < -0.3 is 0 Å². The zero-order valence-electron chi connectivity index (χ0n) is 12.9. The van der Waals surface area contributed by atoms with E-state index in [0.29, 0.717) is 4.90 Å². The van der Waals surface area contributed by atoms with Crippen LogP contribution in [0.5, 0.6) is 0 Å². The summed E-state index contributed by atoms with van der Waals surface area (Å²) in [6, 6.07) is 16.4. The minimum absolute atomic E-state index is 0.347. The third-order valence-corrected chi connectivity index (χ3v) is 8.56. The van der Waals surface area contributed by atoms with Crippen LogP contribution in [0.15, 0.2) is 59.5 Å². The summed E-state index contributed by atoms with van der Waals surface area (Å²) in [5.74, 6) is 0. The van der Waals surface area contributed by atoms with Gasteiger partial charge in [0.2, 0.25) is 0 Å². The second-order valence-corrected chi connectivity index (χ2v) is 13.0. The van der Waals surface area contributed by atoms with Crippen molar-refractivity contribution in [3.63, 3.8) is 0 Å². The van der Waals surface area contributed by atoms with E-state index >= 15 is 0 Å². The first kappa shape index (κ1) is 15.8. The molecule has 0 atom stereocenters. The van der Waals surface area contributed by atoms with Gasteiger partial charge in [-0.25, -0.2) is 8.42 Å². The standard InChI is InChI=1S/C16H21NO2SSi/c1-14-10-12-16(13-11-14)20(18,19)17(21(2,3)4)15-8-6-5-7-9-15/h5-13H,1-4H3. The zero-order chi connectivity index (χ0) is 15.7. The Morgan fingerprint density at radius 1 is 0.857 bits per heavy atom. The molecule has 0 radical (unpaired) electrons. The molecule has 2 aromatic rings. The van der Waals surface area contributed by atoms with Crippen molar-refractivity contribution in [3.8, 4) is 0 Å². The number of rotatable bonds is 4. The minimum atomic E-state index is -3.53. The first-order chi connectivity index (χ1) is 9.73. The molecule has 0 heterocycles. The quantitative estimate of drug-likeness (QED) is 0.798. The molecular weight excluding hydrogens is 298 g/mol. The molecule has 0 bridgehead atoms. The number of hydrogen-bond donors (Lipinski definition) is 0. The number of benzene rings is 2. The molecule has 0 unspecified atom stereocenters. The maximum Gasteiger partial charge on any atom is 0.257 e. The minimum Gasteiger partial charge on any atom is -0.295 e. The van der Waals surface area contributed by atoms with Crippen molar-refractivity contribution in [2.24, 2.45) is 0 Å². The summed E-state index contributed by atoms with van der Waals surface area (Å²) in [6.45, 7) is 8.05. The Labute approximate surface area is 128 Å². The summed E-state index contributed by atoms with van der Waals surface area (Å²) in [7, 11) is -5.65. The molecule has 0 aliphatic heterocycles. The molecule has 0 fully saturated rings. The van der Waals surface area contributed by atoms with Gasteiger partial charge in [-0.15, -0.1) is 0 Å². The first-order valence-electron chi connectivity index (χ1n) is 6.90. The Kier molecular flexibility index (Phi) is 4.25. The lowest BCUT2D eigenvalue weighted by molar-refractivity contribution is 0.597. The van der Waals surface area contributed by atoms with Crippen LogP contribution in [-0.2, 0) is 10.0 Å². The lowest BCUT2D eigenvalue weighted by Crippen LogP contribution is -2.49. The third-order valence-electron chi connectivity index (χ3n) is 3.16. The van der Waals surface area contributed by atoms with Crippen molar-refractivity contribution in [3.05, 3.63) is 60.2 Å². The van der Waals surface area contributed by atoms with Crippen LogP contribution in [0.2, 0.25) is 19.6 Å². The van der Waals surface area contributed by atoms with E-state index < -0.39 is 18.3 Å². The maximum atomic E-state index is 13.1. The Bertz CT molecular complexity index is 704. The largest absolute Gasteiger partial charge is 0.295 e. The van der Waals surface area contributed by atoms with Crippen LogP contribution in [0.3, 0.4) is 0 Å². The molecule has 5 heteroatoms. The topological polar surface area (TPSA) is 37.4 Å². The van der Waals surface area contributed by atoms with Crippen LogP contribution < -0.4 is 3.97 Å². The summed E-state index contributed by atoms with van der Waals surface area (Å²) in [5, 5.41) is 0. The molecule has 2 aromatic carbocycles. The van der Waals surface area contributed by atoms with Gasteiger partial charge in [0.25, 0.3) is 10.0 Å². The fourth-order valence-corrected chi connectivity index (χ4v) is 7.48. The predicted octanol–water partition coefficient (Wildman–Crippen LogP) is 4.03. The Morgan fingerprint density at radius 2 is 1.38 bits per heavy atom. The fourth-order valence-electron chi connectivity index (χ4n) is 2.27. The molecule has 0 aliphatic carbocycles. The van der Waals surface area contributed by atoms with Crippen LogP contribution >= 0.6 is 0 Å². The third kappa shape index (κ3) is 3.36. The van der Waals surface area contributed by atoms with Crippen molar-refractivity contribution in [2.45, 2.75) is 31.5 Å². The number of para-hydroxylation sites is 1. The van der Waals surface area contributed by atoms with Gasteiger partial charge in [0, 0.05) is 5.69 Å². The number of anilines is 1. The van der Waals surface area contributed by atoms with E-state index in [1.165, 1.54) is 0 Å². The van der Waals surface area contributed by atoms with Crippen LogP contribution in [0.25, 0.3) is 0 Å². The highest BCUT2D eigenvalue weighted by Crippen LogP contribution is 2.29. The molecule has 0 saturated carbocycles. The monoisotopic (exact) mass is 319 g/mol. The summed E-state index contributed by atoms with van der Waals surface area (Å²) < 4.78 is 27.7. The second-order valence-electron chi connectivity index (χ2n) is 6.09. The second kappa shape index (κ2) is 5.65. The van der Waals surface area contributed by atoms with Crippen LogP contribution in [0.1, 0.15) is 5.56 Å². The van der Waals surface area contributed by atoms with E-state index in [1.54, 1.807) is 16.1 Å². The summed E-state index contributed by atoms with van der Waals surface area (Å²) >= 11 is 0. The molecule has 3 nitrogen and oxygen atoms in total. The van der Waals surface area contributed by atoms with Gasteiger partial charge in [-0.3, -0.25) is 3.97 Å². The van der Waals surface area contributed by atoms with E-state index in [0.717, 1.165) is 11.3 Å². The van der Waals surface area contributed by atoms with Crippen LogP contribution in [-0.4, -0.2) is 16.7 Å². The molecule has 21 heavy (non-hydrogen) atoms. The van der Waals surface area contributed by atoms with E-state index in [1.807, 2.05) is 69.0 Å². The number of sulfonamides is 1. The van der Waals surface area contributed by atoms with E-state index in [9.17, 15) is 8.42 Å². The predicted molar refractivity (Wildman–Crippen MR) is 90.6 cm³/mol. The van der Waals surface area contributed by atoms with Gasteiger partial charge in [-0.1, -0.05) is 55.5 Å². The van der Waals surface area contributed by atoms with Gasteiger partial charge in [0.05, 0.1) is 4.90 Å². The molecule has 0 amide bonds. The number of hydrogen-bond acceptors (Lipinski definition) is 2. The average molecular weight is 320 g/mol. The van der Waals surface area contributed by atoms with Crippen LogP contribution in [0.4, 0.5) is 5.69 Å². The lowest BCUT2D eigenvalue weighted by atomic mass is 10.2. The van der Waals surface area contributed by atoms with Crippen LogP contribution in [0, 0.1) is 6.92 Å². The summed E-state index contributed by atoms with van der Waals surface area (Å²) in [6.07, 6.45) is 0. The van der Waals surface area contributed by atoms with Crippen molar-refractivity contribution >= 4 is 23.9 Å². The maximum absolute atomic E-state index is 13.1. The van der Waals surface area contributed by atoms with Gasteiger partial charge in [0.15, 0.2) is 8.24 Å². The molecular formula is C16H21NO2SSi. The van der Waals surface area contributed by atoms with Crippen molar-refractivity contribution in [2.75, 3.05) is 3.97 Å². The smallest absolute Gasteiger partial charge is 0.257 e. The Morgan fingerprint density at radius 3 is 1.86 bits per heavy atom. The Hall–Kier alpha value is -1.59. The fraction of sp³-hybridized carbons (Fsp3) is 0.250. The first-order valence-corrected chi connectivity index (χ1v) is 11.8. The van der Waals surface area contributed by atoms with Crippen molar-refractivity contribution in [1.29, 1.82) is 0 Å². The molecule has 2 rings (SSSR count). The molecule has 0 spiro atoms. The summed E-state index contributed by atoms with van der Waals surface area (Å²) in [4.78, 5) is 0.347. The highest BCUT2D eigenvalue weighted by atomic mass is 32.2. The lowest BCUT2D eigenvalue weighted by Gasteiger charge is -2.35. The van der Waals surface area contributed by atoms with Gasteiger partial charge >= 0.3 is 0 Å². The highest BCUT2D eigenvalue weighted by Gasteiger charge is 2.35. The molecule has 112 valence electrons. The highest BCUT2D eigenvalue weighted by molar-refractivity contribution is 7.94. The normalized spacial score (nSPS) is 12.2. The molecule has 0 aromatic heterocycles.